The predicted molar refractivity (Wildman–Crippen MR) is 99.2 cm³/mol. The van der Waals surface area contributed by atoms with Crippen molar-refractivity contribution in [2.45, 2.75) is 31.8 Å². The number of aromatic hydroxyl groups is 1. The predicted octanol–water partition coefficient (Wildman–Crippen LogP) is 4.72. The number of phenols is 1. The van der Waals surface area contributed by atoms with Gasteiger partial charge < -0.3 is 19.7 Å². The minimum Gasteiger partial charge on any atom is -0.507 e. The van der Waals surface area contributed by atoms with Crippen LogP contribution >= 0.6 is 11.6 Å². The minimum atomic E-state index is -3.14. The van der Waals surface area contributed by atoms with Crippen LogP contribution in [0.1, 0.15) is 47.4 Å². The van der Waals surface area contributed by atoms with Gasteiger partial charge in [0.2, 0.25) is 0 Å². The molecule has 2 aromatic carbocycles. The molecular weight excluding hydrogens is 410 g/mol. The van der Waals surface area contributed by atoms with E-state index in [0.717, 1.165) is 13.0 Å². The molecule has 2 aromatic rings. The second-order valence-corrected chi connectivity index (χ2v) is 7.04. The summed E-state index contributed by atoms with van der Waals surface area (Å²) in [7, 11) is 0. The van der Waals surface area contributed by atoms with Gasteiger partial charge >= 0.3 is 5.97 Å². The molecule has 1 atom stereocenters. The highest BCUT2D eigenvalue weighted by Gasteiger charge is 2.34. The first-order chi connectivity index (χ1) is 13.6. The van der Waals surface area contributed by atoms with E-state index in [1.54, 1.807) is 0 Å². The number of hydrogen-bond donors (Lipinski definition) is 2. The van der Waals surface area contributed by atoms with Gasteiger partial charge in [0.15, 0.2) is 11.5 Å². The first kappa shape index (κ1) is 20.9. The number of carbonyl (C=O) groups excluding carboxylic acids is 1. The number of carboxylic acids is 1. The quantitative estimate of drug-likeness (QED) is 0.694. The van der Waals surface area contributed by atoms with Gasteiger partial charge in [-0.15, -0.1) is 0 Å². The third kappa shape index (κ3) is 4.42. The molecule has 2 N–H and O–H groups in total. The average molecular weight is 427 g/mol. The molecular formula is C20H17ClF2O6. The smallest absolute Gasteiger partial charge is 0.306 e. The molecule has 0 spiro atoms. The number of aliphatic carboxylic acids is 1. The maximum absolute atomic E-state index is 13.7. The summed E-state index contributed by atoms with van der Waals surface area (Å²) in [6, 6.07) is 6.29. The van der Waals surface area contributed by atoms with Gasteiger partial charge in [-0.3, -0.25) is 9.59 Å². The Morgan fingerprint density at radius 1 is 1.34 bits per heavy atom. The molecule has 0 saturated heterocycles. The Bertz CT molecular complexity index is 970. The molecule has 6 nitrogen and oxygen atoms in total. The lowest BCUT2D eigenvalue weighted by Crippen LogP contribution is -2.22. The molecule has 0 aromatic heterocycles. The molecule has 0 amide bonds. The number of phenolic OH excluding ortho intramolecular Hbond substituents is 1. The maximum atomic E-state index is 13.7. The van der Waals surface area contributed by atoms with Crippen LogP contribution in [-0.2, 0) is 10.7 Å². The SMILES string of the molecule is CC(F)(F)c1ccc(C2CC(=O)c3c(O)ccc(Cl)c3O2)c(OCCC(=O)O)c1. The van der Waals surface area contributed by atoms with Crippen LogP contribution in [0.2, 0.25) is 5.02 Å². The van der Waals surface area contributed by atoms with E-state index in [1.165, 1.54) is 24.3 Å². The number of rotatable bonds is 6. The number of Topliss-reactive ketones (excluding diaryl/α,β-unsaturated/α-hetero) is 1. The molecule has 0 radical (unpaired) electrons. The third-order valence-electron chi connectivity index (χ3n) is 4.44. The number of benzene rings is 2. The number of carboxylic acid groups (broad SMARTS) is 1. The van der Waals surface area contributed by atoms with Gasteiger partial charge in [-0.05, 0) is 18.2 Å². The van der Waals surface area contributed by atoms with Crippen LogP contribution in [0.5, 0.6) is 17.2 Å². The molecule has 0 saturated carbocycles. The number of ketones is 1. The normalized spacial score (nSPS) is 16.1. The maximum Gasteiger partial charge on any atom is 0.306 e. The van der Waals surface area contributed by atoms with Crippen molar-refractivity contribution >= 4 is 23.4 Å². The number of halogens is 3. The highest BCUT2D eigenvalue weighted by atomic mass is 35.5. The summed E-state index contributed by atoms with van der Waals surface area (Å²) in [6.45, 7) is 0.475. The largest absolute Gasteiger partial charge is 0.507 e. The number of ether oxygens (including phenoxy) is 2. The standard InChI is InChI=1S/C20H17ClF2O6/c1-20(22,23)10-2-3-11(15(8-10)28-7-6-17(26)27)16-9-14(25)18-13(24)5-4-12(21)19(18)29-16/h2-5,8,16,24H,6-7,9H2,1H3,(H,26,27). The van der Waals surface area contributed by atoms with Crippen LogP contribution in [0.4, 0.5) is 8.78 Å². The highest BCUT2D eigenvalue weighted by Crippen LogP contribution is 2.45. The van der Waals surface area contributed by atoms with E-state index in [1.807, 2.05) is 0 Å². The molecule has 0 aliphatic carbocycles. The van der Waals surface area contributed by atoms with Crippen molar-refractivity contribution in [3.05, 3.63) is 52.0 Å². The summed E-state index contributed by atoms with van der Waals surface area (Å²) in [5.41, 5.74) is -0.0783. The van der Waals surface area contributed by atoms with Crippen LogP contribution in [0.3, 0.4) is 0 Å². The van der Waals surface area contributed by atoms with Crippen molar-refractivity contribution in [2.75, 3.05) is 6.61 Å². The molecule has 29 heavy (non-hydrogen) atoms. The summed E-state index contributed by atoms with van der Waals surface area (Å²) < 4.78 is 38.7. The summed E-state index contributed by atoms with van der Waals surface area (Å²) in [4.78, 5) is 23.3. The summed E-state index contributed by atoms with van der Waals surface area (Å²) >= 11 is 6.09. The molecule has 9 heteroatoms. The Balaban J connectivity index is 1.99. The van der Waals surface area contributed by atoms with Crippen LogP contribution in [0.15, 0.2) is 30.3 Å². The van der Waals surface area contributed by atoms with Gasteiger partial charge in [0.05, 0.1) is 24.5 Å². The van der Waals surface area contributed by atoms with E-state index in [-0.39, 0.29) is 52.8 Å². The Morgan fingerprint density at radius 3 is 2.72 bits per heavy atom. The lowest BCUT2D eigenvalue weighted by atomic mass is 9.94. The third-order valence-corrected chi connectivity index (χ3v) is 4.74. The van der Waals surface area contributed by atoms with Gasteiger partial charge in [-0.2, -0.15) is 0 Å². The highest BCUT2D eigenvalue weighted by molar-refractivity contribution is 6.33. The van der Waals surface area contributed by atoms with Crippen molar-refractivity contribution in [1.29, 1.82) is 0 Å². The molecule has 1 heterocycles. The monoisotopic (exact) mass is 426 g/mol. The summed E-state index contributed by atoms with van der Waals surface area (Å²) in [5.74, 6) is -4.97. The molecule has 0 fully saturated rings. The Hall–Kier alpha value is -2.87. The number of fused-ring (bicyclic) bond motifs is 1. The van der Waals surface area contributed by atoms with Crippen molar-refractivity contribution in [3.63, 3.8) is 0 Å². The fourth-order valence-corrected chi connectivity index (χ4v) is 3.21. The fourth-order valence-electron chi connectivity index (χ4n) is 3.01. The van der Waals surface area contributed by atoms with E-state index in [2.05, 4.69) is 0 Å². The van der Waals surface area contributed by atoms with Gasteiger partial charge in [0.25, 0.3) is 5.92 Å². The van der Waals surface area contributed by atoms with Crippen molar-refractivity contribution in [2.24, 2.45) is 0 Å². The summed E-state index contributed by atoms with van der Waals surface area (Å²) in [6.07, 6.45) is -1.43. The van der Waals surface area contributed by atoms with Crippen molar-refractivity contribution in [3.8, 4) is 17.2 Å². The molecule has 0 bridgehead atoms. The molecule has 1 unspecified atom stereocenters. The Kier molecular flexibility index (Phi) is 5.66. The number of hydrogen-bond acceptors (Lipinski definition) is 5. The zero-order valence-electron chi connectivity index (χ0n) is 15.2. The van der Waals surface area contributed by atoms with Crippen molar-refractivity contribution < 1.29 is 38.1 Å². The fraction of sp³-hybridized carbons (Fsp3) is 0.300. The molecule has 3 rings (SSSR count). The topological polar surface area (TPSA) is 93.1 Å². The van der Waals surface area contributed by atoms with Gasteiger partial charge in [-0.25, -0.2) is 8.78 Å². The van der Waals surface area contributed by atoms with E-state index in [4.69, 9.17) is 26.2 Å². The van der Waals surface area contributed by atoms with E-state index in [0.29, 0.717) is 5.56 Å². The van der Waals surface area contributed by atoms with E-state index >= 15 is 0 Å². The lowest BCUT2D eigenvalue weighted by Gasteiger charge is -2.28. The molecule has 1 aliphatic rings. The first-order valence-corrected chi connectivity index (χ1v) is 9.04. The number of carbonyl (C=O) groups is 2. The van der Waals surface area contributed by atoms with Gasteiger partial charge in [-0.1, -0.05) is 23.7 Å². The van der Waals surface area contributed by atoms with E-state index in [9.17, 15) is 23.5 Å². The van der Waals surface area contributed by atoms with Crippen LogP contribution in [-0.4, -0.2) is 28.6 Å². The summed E-state index contributed by atoms with van der Waals surface area (Å²) in [5, 5.41) is 18.8. The Labute approximate surface area is 169 Å². The second-order valence-electron chi connectivity index (χ2n) is 6.64. The number of alkyl halides is 2. The van der Waals surface area contributed by atoms with Gasteiger partial charge in [0.1, 0.15) is 23.2 Å². The average Bonchev–Trinajstić information content (AvgIpc) is 2.63. The van der Waals surface area contributed by atoms with Crippen LogP contribution in [0, 0.1) is 0 Å². The van der Waals surface area contributed by atoms with Crippen LogP contribution in [0.25, 0.3) is 0 Å². The lowest BCUT2D eigenvalue weighted by molar-refractivity contribution is -0.137. The van der Waals surface area contributed by atoms with Crippen LogP contribution < -0.4 is 9.47 Å². The second kappa shape index (κ2) is 7.87. The Morgan fingerprint density at radius 2 is 2.07 bits per heavy atom. The first-order valence-electron chi connectivity index (χ1n) is 8.66. The molecule has 154 valence electrons. The zero-order chi connectivity index (χ0) is 21.3. The molecule has 1 aliphatic heterocycles. The van der Waals surface area contributed by atoms with E-state index < -0.39 is 23.8 Å². The van der Waals surface area contributed by atoms with Gasteiger partial charge in [0, 0.05) is 18.1 Å². The minimum absolute atomic E-state index is 0.00528. The zero-order valence-corrected chi connectivity index (χ0v) is 16.0. The van der Waals surface area contributed by atoms with Crippen molar-refractivity contribution in [1.82, 2.24) is 0 Å².